The van der Waals surface area contributed by atoms with Crippen molar-refractivity contribution >= 4 is 5.91 Å². The summed E-state index contributed by atoms with van der Waals surface area (Å²) in [6, 6.07) is -0.666. The second-order valence-electron chi connectivity index (χ2n) is 4.07. The zero-order chi connectivity index (χ0) is 11.6. The van der Waals surface area contributed by atoms with Crippen LogP contribution in [0.1, 0.15) is 13.8 Å². The molecule has 6 heteroatoms. The van der Waals surface area contributed by atoms with Crippen molar-refractivity contribution < 1.29 is 18.0 Å². The van der Waals surface area contributed by atoms with E-state index in [2.05, 4.69) is 5.32 Å². The number of amides is 1. The maximum atomic E-state index is 12.2. The normalized spacial score (nSPS) is 24.4. The Bertz CT molecular complexity index is 240. The minimum atomic E-state index is -4.25. The van der Waals surface area contributed by atoms with Gasteiger partial charge < -0.3 is 5.32 Å². The van der Waals surface area contributed by atoms with Crippen LogP contribution in [0.25, 0.3) is 0 Å². The first kappa shape index (κ1) is 12.3. The van der Waals surface area contributed by atoms with E-state index >= 15 is 0 Å². The predicted octanol–water partition coefficient (Wildman–Crippen LogP) is 1.01. The monoisotopic (exact) mass is 224 g/mol. The quantitative estimate of drug-likeness (QED) is 0.759. The molecule has 0 radical (unpaired) electrons. The summed E-state index contributed by atoms with van der Waals surface area (Å²) in [7, 11) is 0. The van der Waals surface area contributed by atoms with Crippen LogP contribution >= 0.6 is 0 Å². The van der Waals surface area contributed by atoms with Gasteiger partial charge in [0.2, 0.25) is 5.91 Å². The van der Waals surface area contributed by atoms with E-state index in [-0.39, 0.29) is 24.9 Å². The summed E-state index contributed by atoms with van der Waals surface area (Å²) < 4.78 is 36.7. The Balaban J connectivity index is 2.71. The highest BCUT2D eigenvalue weighted by molar-refractivity contribution is 5.82. The zero-order valence-electron chi connectivity index (χ0n) is 8.77. The van der Waals surface area contributed by atoms with Gasteiger partial charge in [0, 0.05) is 13.1 Å². The van der Waals surface area contributed by atoms with Gasteiger partial charge >= 0.3 is 6.18 Å². The molecule has 1 rings (SSSR count). The van der Waals surface area contributed by atoms with Gasteiger partial charge in [-0.15, -0.1) is 0 Å². The molecule has 0 aromatic carbocycles. The molecule has 88 valence electrons. The van der Waals surface area contributed by atoms with Crippen LogP contribution in [0.5, 0.6) is 0 Å². The Morgan fingerprint density at radius 3 is 2.60 bits per heavy atom. The van der Waals surface area contributed by atoms with Gasteiger partial charge in [-0.25, -0.2) is 0 Å². The molecular formula is C9H15F3N2O. The van der Waals surface area contributed by atoms with Crippen LogP contribution in [-0.4, -0.2) is 42.7 Å². The number of carbonyl (C=O) groups excluding carboxylic acids is 1. The minimum absolute atomic E-state index is 0.118. The maximum Gasteiger partial charge on any atom is 0.401 e. The number of nitrogens with one attached hydrogen (secondary N) is 1. The van der Waals surface area contributed by atoms with Crippen LogP contribution in [0.15, 0.2) is 0 Å². The third kappa shape index (κ3) is 3.37. The van der Waals surface area contributed by atoms with E-state index in [1.807, 2.05) is 0 Å². The van der Waals surface area contributed by atoms with E-state index in [0.29, 0.717) is 0 Å². The maximum absolute atomic E-state index is 12.2. The summed E-state index contributed by atoms with van der Waals surface area (Å²) in [6.07, 6.45) is -4.25. The molecular weight excluding hydrogens is 209 g/mol. The van der Waals surface area contributed by atoms with Gasteiger partial charge in [-0.1, -0.05) is 13.8 Å². The molecule has 0 aliphatic carbocycles. The van der Waals surface area contributed by atoms with Crippen LogP contribution in [0.4, 0.5) is 13.2 Å². The van der Waals surface area contributed by atoms with Gasteiger partial charge in [0.15, 0.2) is 0 Å². The number of hydrogen-bond acceptors (Lipinski definition) is 2. The molecule has 1 aliphatic rings. The Kier molecular flexibility index (Phi) is 3.59. The molecule has 3 nitrogen and oxygen atoms in total. The molecule has 0 spiro atoms. The van der Waals surface area contributed by atoms with Gasteiger partial charge in [-0.05, 0) is 5.92 Å². The van der Waals surface area contributed by atoms with Crippen molar-refractivity contribution in [2.24, 2.45) is 5.92 Å². The van der Waals surface area contributed by atoms with E-state index < -0.39 is 18.8 Å². The van der Waals surface area contributed by atoms with E-state index in [4.69, 9.17) is 0 Å². The van der Waals surface area contributed by atoms with Crippen LogP contribution < -0.4 is 5.32 Å². The van der Waals surface area contributed by atoms with Crippen LogP contribution in [0, 0.1) is 5.92 Å². The number of nitrogens with zero attached hydrogens (tertiary/aromatic N) is 1. The smallest absolute Gasteiger partial charge is 0.353 e. The Hall–Kier alpha value is -0.780. The van der Waals surface area contributed by atoms with Crippen molar-refractivity contribution in [3.05, 3.63) is 0 Å². The van der Waals surface area contributed by atoms with Crippen molar-refractivity contribution in [2.45, 2.75) is 26.1 Å². The van der Waals surface area contributed by atoms with Gasteiger partial charge in [0.1, 0.15) is 0 Å². The van der Waals surface area contributed by atoms with Crippen molar-refractivity contribution in [1.82, 2.24) is 10.2 Å². The predicted molar refractivity (Wildman–Crippen MR) is 49.3 cm³/mol. The lowest BCUT2D eigenvalue weighted by Gasteiger charge is -2.37. The first-order valence-electron chi connectivity index (χ1n) is 4.90. The second-order valence-corrected chi connectivity index (χ2v) is 4.07. The highest BCUT2D eigenvalue weighted by atomic mass is 19.4. The minimum Gasteiger partial charge on any atom is -0.353 e. The summed E-state index contributed by atoms with van der Waals surface area (Å²) in [5.74, 6) is -0.423. The molecule has 1 atom stereocenters. The first-order chi connectivity index (χ1) is 6.81. The molecule has 1 saturated heterocycles. The zero-order valence-corrected chi connectivity index (χ0v) is 8.77. The highest BCUT2D eigenvalue weighted by Crippen LogP contribution is 2.21. The molecule has 0 bridgehead atoms. The fourth-order valence-corrected chi connectivity index (χ4v) is 1.86. The van der Waals surface area contributed by atoms with E-state index in [1.165, 1.54) is 4.90 Å². The molecule has 0 aromatic heterocycles. The topological polar surface area (TPSA) is 32.3 Å². The van der Waals surface area contributed by atoms with Crippen molar-refractivity contribution in [3.8, 4) is 0 Å². The van der Waals surface area contributed by atoms with Gasteiger partial charge in [0.05, 0.1) is 12.6 Å². The fourth-order valence-electron chi connectivity index (χ4n) is 1.86. The second kappa shape index (κ2) is 4.38. The number of carbonyl (C=O) groups is 1. The fraction of sp³-hybridized carbons (Fsp3) is 0.889. The third-order valence-corrected chi connectivity index (χ3v) is 2.37. The van der Waals surface area contributed by atoms with Gasteiger partial charge in [-0.2, -0.15) is 13.2 Å². The number of halogens is 3. The number of alkyl halides is 3. The Labute approximate surface area is 86.6 Å². The van der Waals surface area contributed by atoms with Crippen molar-refractivity contribution in [1.29, 1.82) is 0 Å². The standard InChI is InChI=1S/C9H15F3N2O/c1-6(2)7-8(15)13-3-4-14(7)5-9(10,11)12/h6-7H,3-5H2,1-2H3,(H,13,15). The molecule has 1 heterocycles. The molecule has 1 fully saturated rings. The molecule has 1 amide bonds. The molecule has 1 unspecified atom stereocenters. The van der Waals surface area contributed by atoms with E-state index in [9.17, 15) is 18.0 Å². The summed E-state index contributed by atoms with van der Waals surface area (Å²) in [5.41, 5.74) is 0. The molecule has 0 saturated carbocycles. The van der Waals surface area contributed by atoms with Crippen LogP contribution in [0.3, 0.4) is 0 Å². The van der Waals surface area contributed by atoms with E-state index in [0.717, 1.165) is 0 Å². The number of rotatable bonds is 2. The summed E-state index contributed by atoms with van der Waals surface area (Å²) in [5, 5.41) is 2.58. The Morgan fingerprint density at radius 2 is 2.13 bits per heavy atom. The van der Waals surface area contributed by atoms with Gasteiger partial charge in [-0.3, -0.25) is 9.69 Å². The number of piperazine rings is 1. The molecule has 0 aromatic rings. The highest BCUT2D eigenvalue weighted by Gasteiger charge is 2.39. The lowest BCUT2D eigenvalue weighted by molar-refractivity contribution is -0.160. The molecule has 1 N–H and O–H groups in total. The van der Waals surface area contributed by atoms with Gasteiger partial charge in [0.25, 0.3) is 0 Å². The lowest BCUT2D eigenvalue weighted by Crippen LogP contribution is -2.59. The first-order valence-corrected chi connectivity index (χ1v) is 4.90. The Morgan fingerprint density at radius 1 is 1.53 bits per heavy atom. The van der Waals surface area contributed by atoms with Crippen molar-refractivity contribution in [2.75, 3.05) is 19.6 Å². The average Bonchev–Trinajstić information content (AvgIpc) is 1.99. The average molecular weight is 224 g/mol. The third-order valence-electron chi connectivity index (χ3n) is 2.37. The number of hydrogen-bond donors (Lipinski definition) is 1. The summed E-state index contributed by atoms with van der Waals surface area (Å²) >= 11 is 0. The molecule has 1 aliphatic heterocycles. The molecule has 15 heavy (non-hydrogen) atoms. The van der Waals surface area contributed by atoms with E-state index in [1.54, 1.807) is 13.8 Å². The summed E-state index contributed by atoms with van der Waals surface area (Å²) in [4.78, 5) is 12.6. The van der Waals surface area contributed by atoms with Crippen LogP contribution in [0.2, 0.25) is 0 Å². The van der Waals surface area contributed by atoms with Crippen LogP contribution in [-0.2, 0) is 4.79 Å². The van der Waals surface area contributed by atoms with Crippen molar-refractivity contribution in [3.63, 3.8) is 0 Å². The SMILES string of the molecule is CC(C)C1C(=O)NCCN1CC(F)(F)F. The lowest BCUT2D eigenvalue weighted by atomic mass is 10.00. The largest absolute Gasteiger partial charge is 0.401 e. The summed E-state index contributed by atoms with van der Waals surface area (Å²) in [6.45, 7) is 3.04.